The molecule has 1 fully saturated rings. The first-order valence-electron chi connectivity index (χ1n) is 8.45. The fourth-order valence-corrected chi connectivity index (χ4v) is 3.33. The lowest BCUT2D eigenvalue weighted by atomic mass is 10.1. The average molecular weight is 372 g/mol. The number of anilines is 3. The number of rotatable bonds is 4. The molecule has 2 aromatic heterocycles. The van der Waals surface area contributed by atoms with Gasteiger partial charge in [0.05, 0.1) is 4.92 Å². The zero-order valence-electron chi connectivity index (χ0n) is 14.9. The third-order valence-corrected chi connectivity index (χ3v) is 4.45. The topological polar surface area (TPSA) is 125 Å². The van der Waals surface area contributed by atoms with Gasteiger partial charge < -0.3 is 20.2 Å². The molecule has 2 atom stereocenters. The van der Waals surface area contributed by atoms with Gasteiger partial charge in [-0.05, 0) is 32.0 Å². The van der Waals surface area contributed by atoms with Crippen molar-refractivity contribution in [2.45, 2.75) is 25.9 Å². The smallest absolute Gasteiger partial charge is 0.407 e. The van der Waals surface area contributed by atoms with Crippen molar-refractivity contribution in [1.29, 1.82) is 0 Å². The van der Waals surface area contributed by atoms with E-state index >= 15 is 0 Å². The Morgan fingerprint density at radius 1 is 1.22 bits per heavy atom. The molecule has 1 aliphatic heterocycles. The van der Waals surface area contributed by atoms with Crippen molar-refractivity contribution in [3.63, 3.8) is 0 Å². The molecule has 0 spiro atoms. The molecule has 1 amide bonds. The predicted octanol–water partition coefficient (Wildman–Crippen LogP) is 2.71. The normalized spacial score (nSPS) is 19.6. The number of hydrogen-bond acceptors (Lipinski definition) is 7. The van der Waals surface area contributed by atoms with E-state index < -0.39 is 11.0 Å². The van der Waals surface area contributed by atoms with Crippen LogP contribution in [0.3, 0.4) is 0 Å². The van der Waals surface area contributed by atoms with Crippen molar-refractivity contribution in [2.24, 2.45) is 0 Å². The van der Waals surface area contributed by atoms with Gasteiger partial charge in [0, 0.05) is 49.3 Å². The van der Waals surface area contributed by atoms with Crippen LogP contribution in [0.5, 0.6) is 0 Å². The Morgan fingerprint density at radius 2 is 1.85 bits per heavy atom. The number of aromatic nitrogens is 2. The van der Waals surface area contributed by atoms with Crippen LogP contribution in [0.1, 0.15) is 13.8 Å². The van der Waals surface area contributed by atoms with E-state index in [-0.39, 0.29) is 23.6 Å². The molecule has 10 nitrogen and oxygen atoms in total. The van der Waals surface area contributed by atoms with Gasteiger partial charge in [-0.25, -0.2) is 9.78 Å². The number of pyridine rings is 2. The number of carboxylic acid groups (broad SMARTS) is 1. The van der Waals surface area contributed by atoms with Crippen molar-refractivity contribution >= 4 is 29.1 Å². The second-order valence-electron chi connectivity index (χ2n) is 6.45. The molecule has 1 aliphatic rings. The number of piperazine rings is 1. The number of nitrogens with zero attached hydrogens (tertiary/aromatic N) is 5. The van der Waals surface area contributed by atoms with E-state index in [9.17, 15) is 20.0 Å². The summed E-state index contributed by atoms with van der Waals surface area (Å²) in [5, 5.41) is 23.6. The first-order chi connectivity index (χ1) is 12.9. The molecule has 2 aromatic rings. The molecule has 2 N–H and O–H groups in total. The maximum Gasteiger partial charge on any atom is 0.407 e. The van der Waals surface area contributed by atoms with Crippen molar-refractivity contribution in [3.05, 3.63) is 46.8 Å². The van der Waals surface area contributed by atoms with E-state index in [2.05, 4.69) is 15.3 Å². The predicted molar refractivity (Wildman–Crippen MR) is 99.4 cm³/mol. The summed E-state index contributed by atoms with van der Waals surface area (Å²) in [5.41, 5.74) is 0.495. The van der Waals surface area contributed by atoms with E-state index in [0.717, 1.165) is 0 Å². The maximum atomic E-state index is 11.4. The molecular formula is C17H20N6O4. The fourth-order valence-electron chi connectivity index (χ4n) is 3.33. The van der Waals surface area contributed by atoms with Crippen LogP contribution in [0.2, 0.25) is 0 Å². The number of nitro groups is 1. The lowest BCUT2D eigenvalue weighted by Gasteiger charge is -2.44. The molecule has 1 saturated heterocycles. The van der Waals surface area contributed by atoms with Gasteiger partial charge in [-0.2, -0.15) is 0 Å². The average Bonchev–Trinajstić information content (AvgIpc) is 2.62. The summed E-state index contributed by atoms with van der Waals surface area (Å²) in [6.07, 6.45) is 2.20. The highest BCUT2D eigenvalue weighted by molar-refractivity contribution is 5.69. The van der Waals surface area contributed by atoms with Crippen LogP contribution in [0, 0.1) is 10.1 Å². The molecular weight excluding hydrogens is 352 g/mol. The van der Waals surface area contributed by atoms with Gasteiger partial charge in [-0.1, -0.05) is 0 Å². The van der Waals surface area contributed by atoms with E-state index in [1.165, 1.54) is 11.0 Å². The van der Waals surface area contributed by atoms with Gasteiger partial charge in [0.25, 0.3) is 0 Å². The first kappa shape index (κ1) is 18.4. The molecule has 0 saturated carbocycles. The van der Waals surface area contributed by atoms with Gasteiger partial charge >= 0.3 is 11.8 Å². The second kappa shape index (κ2) is 7.44. The molecule has 27 heavy (non-hydrogen) atoms. The van der Waals surface area contributed by atoms with Crippen LogP contribution in [0.4, 0.5) is 27.8 Å². The Balaban J connectivity index is 1.93. The standard InChI is InChI=1S/C17H20N6O4/c1-11-9-21(17(24)25)10-12(2)22(11)15-4-3-14(23(26)27)16(20-15)19-13-5-7-18-8-6-13/h3-8,11-12H,9-10H2,1-2H3,(H,24,25)(H,18,19,20)/t11-,12-/m1/s1. The third kappa shape index (κ3) is 3.89. The molecule has 0 aromatic carbocycles. The molecule has 0 unspecified atom stereocenters. The highest BCUT2D eigenvalue weighted by atomic mass is 16.6. The Morgan fingerprint density at radius 3 is 2.41 bits per heavy atom. The number of amides is 1. The van der Waals surface area contributed by atoms with Gasteiger partial charge in [0.1, 0.15) is 5.82 Å². The molecule has 0 aliphatic carbocycles. The summed E-state index contributed by atoms with van der Waals surface area (Å²) in [6, 6.07) is 6.15. The summed E-state index contributed by atoms with van der Waals surface area (Å²) in [5.74, 6) is 0.686. The van der Waals surface area contributed by atoms with Gasteiger partial charge in [-0.15, -0.1) is 0 Å². The van der Waals surface area contributed by atoms with Crippen LogP contribution in [0.15, 0.2) is 36.7 Å². The summed E-state index contributed by atoms with van der Waals surface area (Å²) in [7, 11) is 0. The summed E-state index contributed by atoms with van der Waals surface area (Å²) in [6.45, 7) is 4.49. The molecule has 0 bridgehead atoms. The van der Waals surface area contributed by atoms with Crippen molar-refractivity contribution in [2.75, 3.05) is 23.3 Å². The number of carbonyl (C=O) groups is 1. The van der Waals surface area contributed by atoms with E-state index in [1.54, 1.807) is 30.6 Å². The van der Waals surface area contributed by atoms with Gasteiger partial charge in [0.2, 0.25) is 5.82 Å². The van der Waals surface area contributed by atoms with Gasteiger partial charge in [-0.3, -0.25) is 15.1 Å². The quantitative estimate of drug-likeness (QED) is 0.620. The Bertz CT molecular complexity index is 835. The van der Waals surface area contributed by atoms with Crippen LogP contribution in [0.25, 0.3) is 0 Å². The largest absolute Gasteiger partial charge is 0.465 e. The van der Waals surface area contributed by atoms with Crippen LogP contribution >= 0.6 is 0 Å². The van der Waals surface area contributed by atoms with Crippen molar-refractivity contribution in [1.82, 2.24) is 14.9 Å². The summed E-state index contributed by atoms with van der Waals surface area (Å²) in [4.78, 5) is 33.9. The van der Waals surface area contributed by atoms with Crippen LogP contribution in [-0.4, -0.2) is 56.2 Å². The number of hydrogen-bond donors (Lipinski definition) is 2. The lowest BCUT2D eigenvalue weighted by Crippen LogP contribution is -2.58. The Kier molecular flexibility index (Phi) is 5.06. The summed E-state index contributed by atoms with van der Waals surface area (Å²) >= 11 is 0. The third-order valence-electron chi connectivity index (χ3n) is 4.45. The van der Waals surface area contributed by atoms with E-state index in [1.807, 2.05) is 18.7 Å². The second-order valence-corrected chi connectivity index (χ2v) is 6.45. The van der Waals surface area contributed by atoms with Crippen molar-refractivity contribution < 1.29 is 14.8 Å². The molecule has 3 rings (SSSR count). The SMILES string of the molecule is C[C@@H]1CN(C(=O)O)C[C@@H](C)N1c1ccc([N+](=O)[O-])c(Nc2ccncc2)n1. The minimum Gasteiger partial charge on any atom is -0.465 e. The van der Waals surface area contributed by atoms with E-state index in [0.29, 0.717) is 24.6 Å². The maximum absolute atomic E-state index is 11.4. The fraction of sp³-hybridized carbons (Fsp3) is 0.353. The molecule has 0 radical (unpaired) electrons. The van der Waals surface area contributed by atoms with Crippen molar-refractivity contribution in [3.8, 4) is 0 Å². The molecule has 10 heteroatoms. The van der Waals surface area contributed by atoms with E-state index in [4.69, 9.17) is 0 Å². The van der Waals surface area contributed by atoms with Crippen LogP contribution < -0.4 is 10.2 Å². The molecule has 3 heterocycles. The minimum absolute atomic E-state index is 0.118. The lowest BCUT2D eigenvalue weighted by molar-refractivity contribution is -0.384. The number of nitrogens with one attached hydrogen (secondary N) is 1. The minimum atomic E-state index is -0.954. The zero-order chi connectivity index (χ0) is 19.6. The van der Waals surface area contributed by atoms with Crippen LogP contribution in [-0.2, 0) is 0 Å². The van der Waals surface area contributed by atoms with Gasteiger partial charge in [0.15, 0.2) is 0 Å². The molecule has 142 valence electrons. The Labute approximate surface area is 155 Å². The first-order valence-corrected chi connectivity index (χ1v) is 8.45. The summed E-state index contributed by atoms with van der Waals surface area (Å²) < 4.78 is 0. The highest BCUT2D eigenvalue weighted by Crippen LogP contribution is 2.31. The zero-order valence-corrected chi connectivity index (χ0v) is 14.9. The monoisotopic (exact) mass is 372 g/mol. The Hall–Kier alpha value is -3.43. The highest BCUT2D eigenvalue weighted by Gasteiger charge is 2.33.